The van der Waals surface area contributed by atoms with E-state index in [0.717, 1.165) is 0 Å². The molecular weight excluding hydrogens is 513 g/mol. The lowest BCUT2D eigenvalue weighted by atomic mass is 10.1. The van der Waals surface area contributed by atoms with Crippen LogP contribution in [0.1, 0.15) is 65.7 Å². The van der Waals surface area contributed by atoms with Gasteiger partial charge in [-0.2, -0.15) is 0 Å². The van der Waals surface area contributed by atoms with Gasteiger partial charge in [0.2, 0.25) is 15.7 Å². The number of rotatable bonds is 8. The fraction of sp³-hybridized carbons (Fsp3) is 0.731. The van der Waals surface area contributed by atoms with Gasteiger partial charge in [-0.1, -0.05) is 55.4 Å². The minimum atomic E-state index is -2.56. The van der Waals surface area contributed by atoms with Crippen LogP contribution in [0.2, 0.25) is 22.2 Å². The van der Waals surface area contributed by atoms with E-state index in [0.29, 0.717) is 45.8 Å². The first-order chi connectivity index (χ1) is 16.9. The van der Waals surface area contributed by atoms with Gasteiger partial charge in [0.05, 0.1) is 37.9 Å². The molecule has 36 heavy (non-hydrogen) atoms. The van der Waals surface area contributed by atoms with Crippen molar-refractivity contribution in [3.63, 3.8) is 0 Å². The maximum absolute atomic E-state index is 13.3. The summed E-state index contributed by atoms with van der Waals surface area (Å²) in [5.74, 6) is 0.701. The lowest BCUT2D eigenvalue weighted by Gasteiger charge is -2.54. The molecule has 0 spiro atoms. The zero-order valence-electron chi connectivity index (χ0n) is 23.5. The molecule has 0 saturated carbocycles. The summed E-state index contributed by atoms with van der Waals surface area (Å²) in [7, 11) is -3.16. The molecule has 0 radical (unpaired) electrons. The van der Waals surface area contributed by atoms with Crippen molar-refractivity contribution in [2.24, 2.45) is 0 Å². The van der Waals surface area contributed by atoms with Crippen molar-refractivity contribution in [1.82, 2.24) is 0 Å². The second-order valence-corrected chi connectivity index (χ2v) is 25.9. The van der Waals surface area contributed by atoms with E-state index >= 15 is 0 Å². The largest absolute Gasteiger partial charge is 0.497 e. The van der Waals surface area contributed by atoms with E-state index in [4.69, 9.17) is 23.1 Å². The highest BCUT2D eigenvalue weighted by Crippen LogP contribution is 2.54. The maximum Gasteiger partial charge on any atom is 0.342 e. The smallest absolute Gasteiger partial charge is 0.342 e. The molecule has 7 nitrogen and oxygen atoms in total. The molecular formula is C26H44O7SSi2. The van der Waals surface area contributed by atoms with E-state index < -0.39 is 44.6 Å². The molecule has 1 unspecified atom stereocenters. The molecule has 4 atom stereocenters. The first-order valence-corrected chi connectivity index (χ1v) is 19.5. The number of fused-ring (bicyclic) bond motifs is 1. The van der Waals surface area contributed by atoms with Gasteiger partial charge in [0.1, 0.15) is 23.2 Å². The summed E-state index contributed by atoms with van der Waals surface area (Å²) in [6.45, 7) is 18.5. The second kappa shape index (κ2) is 11.3. The monoisotopic (exact) mass is 556 g/mol. The highest BCUT2D eigenvalue weighted by atomic mass is 32.2. The van der Waals surface area contributed by atoms with Crippen LogP contribution in [0.5, 0.6) is 11.5 Å². The van der Waals surface area contributed by atoms with E-state index in [1.54, 1.807) is 25.3 Å². The van der Waals surface area contributed by atoms with E-state index in [9.17, 15) is 9.00 Å². The zero-order chi connectivity index (χ0) is 27.0. The van der Waals surface area contributed by atoms with Crippen molar-refractivity contribution in [2.45, 2.75) is 95.0 Å². The fourth-order valence-electron chi connectivity index (χ4n) is 6.75. The van der Waals surface area contributed by atoms with Gasteiger partial charge in [-0.05, 0) is 34.3 Å². The van der Waals surface area contributed by atoms with Crippen molar-refractivity contribution in [1.29, 1.82) is 0 Å². The van der Waals surface area contributed by atoms with Crippen molar-refractivity contribution in [3.05, 3.63) is 23.8 Å². The van der Waals surface area contributed by atoms with E-state index in [2.05, 4.69) is 55.4 Å². The third-order valence-corrected chi connectivity index (χ3v) is 30.7. The lowest BCUT2D eigenvalue weighted by Crippen LogP contribution is -2.73. The van der Waals surface area contributed by atoms with Crippen LogP contribution >= 0.6 is 0 Å². The minimum Gasteiger partial charge on any atom is -0.497 e. The van der Waals surface area contributed by atoms with Gasteiger partial charge in [-0.15, -0.1) is 0 Å². The van der Waals surface area contributed by atoms with Crippen LogP contribution in [-0.4, -0.2) is 69.9 Å². The Labute approximate surface area is 221 Å². The third kappa shape index (κ3) is 4.72. The predicted molar refractivity (Wildman–Crippen MR) is 148 cm³/mol. The van der Waals surface area contributed by atoms with Crippen LogP contribution in [0, 0.1) is 0 Å². The van der Waals surface area contributed by atoms with Crippen molar-refractivity contribution < 1.29 is 32.1 Å². The SMILES string of the molecule is COc1ccc(C(=O)O[C@H]2CS(=O)[C@@H]3CO[Si](C(C)C)(C(C)C)[Si](C(C)C)(C(C)C)O[C@@H]23)c(OC)c1. The number of hydrogen-bond donors (Lipinski definition) is 0. The highest BCUT2D eigenvalue weighted by molar-refractivity contribution is 7.86. The van der Waals surface area contributed by atoms with Gasteiger partial charge in [-0.3, -0.25) is 4.21 Å². The minimum absolute atomic E-state index is 0.251. The van der Waals surface area contributed by atoms with Gasteiger partial charge in [0.15, 0.2) is 0 Å². The number of methoxy groups -OCH3 is 2. The molecule has 3 rings (SSSR count). The average molecular weight is 557 g/mol. The standard InChI is InChI=1S/C26H44O7SSi2/c1-16(2)35(17(3)4)31-14-24-25(33-36(35,18(5)6)19(7)8)23(15-34(24)28)32-26(27)21-12-11-20(29-9)13-22(21)30-10/h11-13,16-19,23-25H,14-15H2,1-10H3/t23-,24+,25-,34?/m0/s1. The Hall–Kier alpha value is -1.21. The molecule has 0 aliphatic carbocycles. The van der Waals surface area contributed by atoms with Crippen molar-refractivity contribution >= 4 is 32.4 Å². The van der Waals surface area contributed by atoms with Crippen LogP contribution in [0.15, 0.2) is 18.2 Å². The molecule has 2 aliphatic heterocycles. The highest BCUT2D eigenvalue weighted by Gasteiger charge is 2.69. The fourth-order valence-corrected chi connectivity index (χ4v) is 30.4. The van der Waals surface area contributed by atoms with Crippen molar-refractivity contribution in [3.8, 4) is 11.5 Å². The summed E-state index contributed by atoms with van der Waals surface area (Å²) in [6, 6.07) is 4.99. The van der Waals surface area contributed by atoms with Crippen LogP contribution in [0.25, 0.3) is 0 Å². The maximum atomic E-state index is 13.3. The molecule has 204 valence electrons. The van der Waals surface area contributed by atoms with E-state index in [-0.39, 0.29) is 11.0 Å². The zero-order valence-corrected chi connectivity index (χ0v) is 26.3. The summed E-state index contributed by atoms with van der Waals surface area (Å²) in [5.41, 5.74) is 1.62. The Bertz CT molecular complexity index is 950. The number of carbonyl (C=O) groups is 1. The number of hydrogen-bond acceptors (Lipinski definition) is 7. The quantitative estimate of drug-likeness (QED) is 0.314. The number of esters is 1. The van der Waals surface area contributed by atoms with Gasteiger partial charge in [-0.25, -0.2) is 4.79 Å². The van der Waals surface area contributed by atoms with Crippen LogP contribution in [0.3, 0.4) is 0 Å². The summed E-state index contributed by atoms with van der Waals surface area (Å²) in [6.07, 6.45) is -1.05. The summed E-state index contributed by atoms with van der Waals surface area (Å²) in [5, 5.41) is -0.309. The molecule has 2 fully saturated rings. The molecule has 0 aromatic heterocycles. The summed E-state index contributed by atoms with van der Waals surface area (Å²) in [4.78, 5) is 13.3. The summed E-state index contributed by atoms with van der Waals surface area (Å²) >= 11 is 0. The molecule has 1 aromatic rings. The van der Waals surface area contributed by atoms with Crippen LogP contribution in [-0.2, 0) is 24.4 Å². The van der Waals surface area contributed by atoms with Gasteiger partial charge in [0, 0.05) is 16.9 Å². The van der Waals surface area contributed by atoms with Crippen molar-refractivity contribution in [2.75, 3.05) is 26.6 Å². The van der Waals surface area contributed by atoms with Gasteiger partial charge >= 0.3 is 5.97 Å². The third-order valence-electron chi connectivity index (χ3n) is 8.15. The Morgan fingerprint density at radius 1 is 0.944 bits per heavy atom. The first kappa shape index (κ1) is 29.4. The molecule has 1 aromatic carbocycles. The Morgan fingerprint density at radius 2 is 1.53 bits per heavy atom. The Kier molecular flexibility index (Phi) is 9.19. The molecule has 2 heterocycles. The average Bonchev–Trinajstić information content (AvgIpc) is 3.00. The van der Waals surface area contributed by atoms with Crippen LogP contribution < -0.4 is 9.47 Å². The van der Waals surface area contributed by atoms with Gasteiger partial charge in [0.25, 0.3) is 0 Å². The lowest BCUT2D eigenvalue weighted by molar-refractivity contribution is -0.000181. The number of ether oxygens (including phenoxy) is 3. The molecule has 0 bridgehead atoms. The number of carbonyl (C=O) groups excluding carboxylic acids is 1. The summed E-state index contributed by atoms with van der Waals surface area (Å²) < 4.78 is 44.5. The molecule has 2 saturated heterocycles. The first-order valence-electron chi connectivity index (χ1n) is 13.0. The molecule has 2 aliphatic rings. The topological polar surface area (TPSA) is 80.3 Å². The Balaban J connectivity index is 2.03. The molecule has 0 N–H and O–H groups in total. The van der Waals surface area contributed by atoms with Gasteiger partial charge < -0.3 is 23.1 Å². The number of benzene rings is 1. The van der Waals surface area contributed by atoms with E-state index in [1.807, 2.05) is 0 Å². The van der Waals surface area contributed by atoms with Crippen LogP contribution in [0.4, 0.5) is 0 Å². The predicted octanol–water partition coefficient (Wildman–Crippen LogP) is 5.38. The molecule has 10 heteroatoms. The second-order valence-electron chi connectivity index (χ2n) is 11.2. The Morgan fingerprint density at radius 3 is 2.03 bits per heavy atom. The molecule has 0 amide bonds. The van der Waals surface area contributed by atoms with E-state index in [1.165, 1.54) is 7.11 Å². The normalized spacial score (nSPS) is 27.3.